The zero-order chi connectivity index (χ0) is 15.2. The van der Waals surface area contributed by atoms with Crippen molar-refractivity contribution in [1.29, 1.82) is 0 Å². The van der Waals surface area contributed by atoms with Crippen LogP contribution < -0.4 is 5.32 Å². The second-order valence-electron chi connectivity index (χ2n) is 5.75. The molecule has 122 valence electrons. The largest absolute Gasteiger partial charge is 0.389 e. The summed E-state index contributed by atoms with van der Waals surface area (Å²) in [4.78, 5) is 0. The molecule has 0 bridgehead atoms. The second kappa shape index (κ2) is 13.8. The lowest BCUT2D eigenvalue weighted by molar-refractivity contribution is 0.00317. The number of hydrogen-bond acceptors (Lipinski definition) is 4. The number of hydrogen-bond donors (Lipinski definition) is 2. The predicted molar refractivity (Wildman–Crippen MR) is 84.1 cm³/mol. The topological polar surface area (TPSA) is 50.7 Å². The zero-order valence-corrected chi connectivity index (χ0v) is 13.9. The average molecular weight is 289 g/mol. The van der Waals surface area contributed by atoms with Gasteiger partial charge in [-0.25, -0.2) is 0 Å². The minimum Gasteiger partial charge on any atom is -0.389 e. The van der Waals surface area contributed by atoms with E-state index in [-0.39, 0.29) is 0 Å². The van der Waals surface area contributed by atoms with Gasteiger partial charge in [0, 0.05) is 19.2 Å². The van der Waals surface area contributed by atoms with Crippen LogP contribution in [0, 0.1) is 5.92 Å². The molecule has 0 radical (unpaired) electrons. The van der Waals surface area contributed by atoms with Crippen LogP contribution in [0.1, 0.15) is 53.4 Å². The molecule has 20 heavy (non-hydrogen) atoms. The summed E-state index contributed by atoms with van der Waals surface area (Å²) in [6.45, 7) is 11.7. The van der Waals surface area contributed by atoms with Gasteiger partial charge in [-0.1, -0.05) is 33.6 Å². The van der Waals surface area contributed by atoms with Gasteiger partial charge in [-0.3, -0.25) is 0 Å². The van der Waals surface area contributed by atoms with Crippen LogP contribution in [0.5, 0.6) is 0 Å². The van der Waals surface area contributed by atoms with Gasteiger partial charge in [0.1, 0.15) is 0 Å². The summed E-state index contributed by atoms with van der Waals surface area (Å²) < 4.78 is 10.8. The molecule has 0 heterocycles. The highest BCUT2D eigenvalue weighted by Crippen LogP contribution is 2.09. The fourth-order valence-corrected chi connectivity index (χ4v) is 1.94. The first-order valence-corrected chi connectivity index (χ1v) is 8.17. The zero-order valence-electron chi connectivity index (χ0n) is 13.9. The molecule has 0 saturated carbocycles. The monoisotopic (exact) mass is 289 g/mol. The number of aliphatic hydroxyl groups excluding tert-OH is 1. The van der Waals surface area contributed by atoms with Crippen molar-refractivity contribution in [2.24, 2.45) is 5.92 Å². The highest BCUT2D eigenvalue weighted by molar-refractivity contribution is 4.67. The molecule has 0 amide bonds. The maximum Gasteiger partial charge on any atom is 0.0897 e. The van der Waals surface area contributed by atoms with E-state index in [2.05, 4.69) is 33.0 Å². The lowest BCUT2D eigenvalue weighted by Crippen LogP contribution is -2.36. The van der Waals surface area contributed by atoms with Crippen LogP contribution in [-0.4, -0.2) is 50.2 Å². The van der Waals surface area contributed by atoms with Crippen LogP contribution in [0.2, 0.25) is 0 Å². The quantitative estimate of drug-likeness (QED) is 0.483. The van der Waals surface area contributed by atoms with E-state index in [0.29, 0.717) is 32.4 Å². The number of aliphatic hydroxyl groups is 1. The lowest BCUT2D eigenvalue weighted by atomic mass is 10.0. The lowest BCUT2D eigenvalue weighted by Gasteiger charge is -2.19. The Morgan fingerprint density at radius 3 is 2.40 bits per heavy atom. The van der Waals surface area contributed by atoms with Crippen LogP contribution in [0.25, 0.3) is 0 Å². The van der Waals surface area contributed by atoms with Crippen LogP contribution in [0.15, 0.2) is 0 Å². The third-order valence-electron chi connectivity index (χ3n) is 3.48. The first-order chi connectivity index (χ1) is 9.60. The van der Waals surface area contributed by atoms with Crippen molar-refractivity contribution in [2.45, 2.75) is 65.5 Å². The SMILES string of the molecule is CCCCOCCOCC(O)CNC(C)CC(C)CC. The summed E-state index contributed by atoms with van der Waals surface area (Å²) in [6.07, 6.45) is 4.16. The fraction of sp³-hybridized carbons (Fsp3) is 1.00. The van der Waals surface area contributed by atoms with E-state index in [1.807, 2.05) is 0 Å². The van der Waals surface area contributed by atoms with Gasteiger partial charge in [0.15, 0.2) is 0 Å². The summed E-state index contributed by atoms with van der Waals surface area (Å²) in [7, 11) is 0. The summed E-state index contributed by atoms with van der Waals surface area (Å²) in [5.41, 5.74) is 0. The first-order valence-electron chi connectivity index (χ1n) is 8.17. The van der Waals surface area contributed by atoms with Gasteiger partial charge in [0.25, 0.3) is 0 Å². The molecule has 0 aromatic carbocycles. The van der Waals surface area contributed by atoms with E-state index in [4.69, 9.17) is 9.47 Å². The van der Waals surface area contributed by atoms with Crippen molar-refractivity contribution in [3.8, 4) is 0 Å². The Bertz CT molecular complexity index is 202. The van der Waals surface area contributed by atoms with E-state index < -0.39 is 6.10 Å². The van der Waals surface area contributed by atoms with Crippen molar-refractivity contribution in [1.82, 2.24) is 5.32 Å². The molecule has 0 aromatic rings. The third kappa shape index (κ3) is 12.9. The minimum atomic E-state index is -0.440. The molecular weight excluding hydrogens is 254 g/mol. The molecular formula is C16H35NO3. The summed E-state index contributed by atoms with van der Waals surface area (Å²) >= 11 is 0. The molecule has 4 nitrogen and oxygen atoms in total. The maximum atomic E-state index is 9.80. The summed E-state index contributed by atoms with van der Waals surface area (Å²) in [5.74, 6) is 0.728. The Balaban J connectivity index is 3.38. The van der Waals surface area contributed by atoms with E-state index in [0.717, 1.165) is 31.8 Å². The van der Waals surface area contributed by atoms with Crippen LogP contribution in [0.4, 0.5) is 0 Å². The molecule has 3 unspecified atom stereocenters. The highest BCUT2D eigenvalue weighted by Gasteiger charge is 2.09. The Labute approximate surface area is 125 Å². The molecule has 0 aliphatic rings. The second-order valence-corrected chi connectivity index (χ2v) is 5.75. The van der Waals surface area contributed by atoms with Crippen molar-refractivity contribution < 1.29 is 14.6 Å². The van der Waals surface area contributed by atoms with Gasteiger partial charge in [-0.15, -0.1) is 0 Å². The molecule has 2 N–H and O–H groups in total. The fourth-order valence-electron chi connectivity index (χ4n) is 1.94. The van der Waals surface area contributed by atoms with E-state index in [9.17, 15) is 5.11 Å². The Kier molecular flexibility index (Phi) is 13.7. The molecule has 0 rings (SSSR count). The molecule has 0 aromatic heterocycles. The number of rotatable bonds is 14. The minimum absolute atomic E-state index is 0.375. The Morgan fingerprint density at radius 2 is 1.75 bits per heavy atom. The van der Waals surface area contributed by atoms with Crippen LogP contribution in [-0.2, 0) is 9.47 Å². The number of ether oxygens (including phenoxy) is 2. The predicted octanol–water partition coefficient (Wildman–Crippen LogP) is 2.59. The highest BCUT2D eigenvalue weighted by atomic mass is 16.5. The third-order valence-corrected chi connectivity index (χ3v) is 3.48. The van der Waals surface area contributed by atoms with Crippen LogP contribution in [0.3, 0.4) is 0 Å². The number of unbranched alkanes of at least 4 members (excludes halogenated alkanes) is 1. The first kappa shape index (κ1) is 19.8. The Morgan fingerprint density at radius 1 is 1.05 bits per heavy atom. The summed E-state index contributed by atoms with van der Waals surface area (Å²) in [6, 6.07) is 0.442. The van der Waals surface area contributed by atoms with Crippen molar-refractivity contribution in [3.63, 3.8) is 0 Å². The normalized spacial score (nSPS) is 16.1. The van der Waals surface area contributed by atoms with Crippen LogP contribution >= 0.6 is 0 Å². The van der Waals surface area contributed by atoms with Crippen molar-refractivity contribution in [3.05, 3.63) is 0 Å². The van der Waals surface area contributed by atoms with E-state index >= 15 is 0 Å². The van der Waals surface area contributed by atoms with Gasteiger partial charge in [-0.05, 0) is 25.7 Å². The van der Waals surface area contributed by atoms with Gasteiger partial charge in [0.2, 0.25) is 0 Å². The van der Waals surface area contributed by atoms with Crippen molar-refractivity contribution in [2.75, 3.05) is 33.0 Å². The molecule has 0 fully saturated rings. The number of nitrogens with one attached hydrogen (secondary N) is 1. The molecule has 0 aliphatic heterocycles. The molecule has 0 spiro atoms. The molecule has 3 atom stereocenters. The van der Waals surface area contributed by atoms with E-state index in [1.165, 1.54) is 6.42 Å². The van der Waals surface area contributed by atoms with E-state index in [1.54, 1.807) is 0 Å². The molecule has 0 saturated heterocycles. The van der Waals surface area contributed by atoms with Gasteiger partial charge < -0.3 is 19.9 Å². The molecule has 0 aliphatic carbocycles. The average Bonchev–Trinajstić information content (AvgIpc) is 2.44. The van der Waals surface area contributed by atoms with Gasteiger partial charge in [-0.2, -0.15) is 0 Å². The molecule has 4 heteroatoms. The van der Waals surface area contributed by atoms with Gasteiger partial charge >= 0.3 is 0 Å². The Hall–Kier alpha value is -0.160. The van der Waals surface area contributed by atoms with Gasteiger partial charge in [0.05, 0.1) is 25.9 Å². The maximum absolute atomic E-state index is 9.80. The summed E-state index contributed by atoms with van der Waals surface area (Å²) in [5, 5.41) is 13.2. The smallest absolute Gasteiger partial charge is 0.0897 e. The standard InChI is InChI=1S/C16H35NO3/c1-5-7-8-19-9-10-20-13-16(18)12-17-15(4)11-14(3)6-2/h14-18H,5-13H2,1-4H3. The van der Waals surface area contributed by atoms with Crippen molar-refractivity contribution >= 4 is 0 Å².